The molecule has 0 bridgehead atoms. The van der Waals surface area contributed by atoms with Crippen LogP contribution in [0.3, 0.4) is 0 Å². The molecule has 4 heteroatoms. The first kappa shape index (κ1) is 9.27. The Bertz CT molecular complexity index is 354. The molecule has 0 aliphatic carbocycles. The maximum absolute atomic E-state index is 5.60. The van der Waals surface area contributed by atoms with Gasteiger partial charge in [-0.1, -0.05) is 18.2 Å². The maximum Gasteiger partial charge on any atom is 0.166 e. The second-order valence-corrected chi connectivity index (χ2v) is 3.63. The van der Waals surface area contributed by atoms with E-state index in [1.54, 1.807) is 0 Å². The number of thiocarbonyl (C=S) groups is 1. The SMILES string of the molecule is NC(=S)N1CCOc2ccccc2C1. The number of rotatable bonds is 0. The standard InChI is InChI=1S/C10H12N2OS/c11-10(14)12-5-6-13-9-4-2-1-3-8(9)7-12/h1-4H,5-7H2,(H2,11,14). The van der Waals surface area contributed by atoms with E-state index in [4.69, 9.17) is 22.7 Å². The minimum absolute atomic E-state index is 0.435. The molecule has 0 spiro atoms. The Balaban J connectivity index is 2.26. The van der Waals surface area contributed by atoms with Gasteiger partial charge in [-0.2, -0.15) is 0 Å². The Morgan fingerprint density at radius 2 is 2.21 bits per heavy atom. The van der Waals surface area contributed by atoms with Crippen LogP contribution in [0.15, 0.2) is 24.3 Å². The number of hydrogen-bond acceptors (Lipinski definition) is 2. The summed E-state index contributed by atoms with van der Waals surface area (Å²) in [7, 11) is 0. The number of ether oxygens (including phenoxy) is 1. The quantitative estimate of drug-likeness (QED) is 0.649. The molecule has 0 radical (unpaired) electrons. The molecule has 0 aromatic heterocycles. The van der Waals surface area contributed by atoms with Gasteiger partial charge in [-0.25, -0.2) is 0 Å². The number of para-hydroxylation sites is 1. The van der Waals surface area contributed by atoms with Gasteiger partial charge in [-0.3, -0.25) is 0 Å². The fourth-order valence-electron chi connectivity index (χ4n) is 1.51. The van der Waals surface area contributed by atoms with E-state index in [1.165, 1.54) is 0 Å². The number of benzene rings is 1. The topological polar surface area (TPSA) is 38.5 Å². The molecule has 1 heterocycles. The Morgan fingerprint density at radius 1 is 1.43 bits per heavy atom. The summed E-state index contributed by atoms with van der Waals surface area (Å²) in [5.41, 5.74) is 6.73. The van der Waals surface area contributed by atoms with Crippen molar-refractivity contribution in [3.05, 3.63) is 29.8 Å². The highest BCUT2D eigenvalue weighted by Crippen LogP contribution is 2.21. The van der Waals surface area contributed by atoms with Crippen LogP contribution in [-0.2, 0) is 6.54 Å². The normalized spacial score (nSPS) is 15.3. The van der Waals surface area contributed by atoms with Crippen molar-refractivity contribution in [2.45, 2.75) is 6.54 Å². The predicted octanol–water partition coefficient (Wildman–Crippen LogP) is 1.12. The van der Waals surface area contributed by atoms with Gasteiger partial charge in [0.2, 0.25) is 0 Å². The molecule has 0 saturated heterocycles. The fraction of sp³-hybridized carbons (Fsp3) is 0.300. The maximum atomic E-state index is 5.60. The molecule has 1 aliphatic heterocycles. The van der Waals surface area contributed by atoms with Crippen LogP contribution < -0.4 is 10.5 Å². The summed E-state index contributed by atoms with van der Waals surface area (Å²) in [6.45, 7) is 2.13. The van der Waals surface area contributed by atoms with Crippen LogP contribution in [-0.4, -0.2) is 23.2 Å². The van der Waals surface area contributed by atoms with Gasteiger partial charge in [0, 0.05) is 12.1 Å². The summed E-state index contributed by atoms with van der Waals surface area (Å²) in [6, 6.07) is 7.96. The molecule has 1 aromatic carbocycles. The molecule has 1 aromatic rings. The molecule has 0 saturated carbocycles. The van der Waals surface area contributed by atoms with E-state index in [0.29, 0.717) is 11.7 Å². The zero-order valence-corrected chi connectivity index (χ0v) is 8.59. The second kappa shape index (κ2) is 3.84. The Hall–Kier alpha value is -1.29. The molecule has 14 heavy (non-hydrogen) atoms. The molecule has 2 N–H and O–H groups in total. The largest absolute Gasteiger partial charge is 0.491 e. The van der Waals surface area contributed by atoms with Crippen molar-refractivity contribution in [3.63, 3.8) is 0 Å². The number of fused-ring (bicyclic) bond motifs is 1. The van der Waals surface area contributed by atoms with Crippen LogP contribution in [0.2, 0.25) is 0 Å². The van der Waals surface area contributed by atoms with Crippen molar-refractivity contribution in [3.8, 4) is 5.75 Å². The molecule has 74 valence electrons. The van der Waals surface area contributed by atoms with Gasteiger partial charge < -0.3 is 15.4 Å². The van der Waals surface area contributed by atoms with E-state index in [2.05, 4.69) is 0 Å². The Kier molecular flexibility index (Phi) is 2.54. The van der Waals surface area contributed by atoms with E-state index < -0.39 is 0 Å². The first-order chi connectivity index (χ1) is 6.77. The zero-order valence-electron chi connectivity index (χ0n) is 7.77. The molecule has 1 aliphatic rings. The Labute approximate surface area is 88.5 Å². The smallest absolute Gasteiger partial charge is 0.166 e. The highest BCUT2D eigenvalue weighted by molar-refractivity contribution is 7.80. The molecule has 2 rings (SSSR count). The summed E-state index contributed by atoms with van der Waals surface area (Å²) in [5, 5.41) is 0.435. The second-order valence-electron chi connectivity index (χ2n) is 3.22. The van der Waals surface area contributed by atoms with E-state index in [0.717, 1.165) is 24.4 Å². The zero-order chi connectivity index (χ0) is 9.97. The fourth-order valence-corrected chi connectivity index (χ4v) is 1.67. The van der Waals surface area contributed by atoms with Gasteiger partial charge in [-0.05, 0) is 18.3 Å². The Morgan fingerprint density at radius 3 is 3.00 bits per heavy atom. The average Bonchev–Trinajstić information content (AvgIpc) is 2.39. The van der Waals surface area contributed by atoms with E-state index in [-0.39, 0.29) is 0 Å². The van der Waals surface area contributed by atoms with Crippen molar-refractivity contribution in [2.75, 3.05) is 13.2 Å². The van der Waals surface area contributed by atoms with Crippen molar-refractivity contribution in [2.24, 2.45) is 5.73 Å². The molecular weight excluding hydrogens is 196 g/mol. The lowest BCUT2D eigenvalue weighted by molar-refractivity contribution is 0.290. The molecule has 0 amide bonds. The van der Waals surface area contributed by atoms with Gasteiger partial charge >= 0.3 is 0 Å². The van der Waals surface area contributed by atoms with Gasteiger partial charge in [0.1, 0.15) is 12.4 Å². The van der Waals surface area contributed by atoms with Gasteiger partial charge in [0.15, 0.2) is 5.11 Å². The van der Waals surface area contributed by atoms with Crippen molar-refractivity contribution < 1.29 is 4.74 Å². The lowest BCUT2D eigenvalue weighted by Gasteiger charge is -2.19. The van der Waals surface area contributed by atoms with Crippen molar-refractivity contribution in [1.29, 1.82) is 0 Å². The lowest BCUT2D eigenvalue weighted by Crippen LogP contribution is -2.36. The minimum Gasteiger partial charge on any atom is -0.491 e. The van der Waals surface area contributed by atoms with Crippen LogP contribution in [0.5, 0.6) is 5.75 Å². The number of nitrogens with two attached hydrogens (primary N) is 1. The van der Waals surface area contributed by atoms with Crippen molar-refractivity contribution in [1.82, 2.24) is 4.90 Å². The third kappa shape index (κ3) is 1.80. The van der Waals surface area contributed by atoms with E-state index in [9.17, 15) is 0 Å². The van der Waals surface area contributed by atoms with Crippen LogP contribution in [0.4, 0.5) is 0 Å². The van der Waals surface area contributed by atoms with Crippen LogP contribution in [0, 0.1) is 0 Å². The summed E-state index contributed by atoms with van der Waals surface area (Å²) in [6.07, 6.45) is 0. The van der Waals surface area contributed by atoms with Gasteiger partial charge in [0.05, 0.1) is 6.54 Å². The molecule has 0 fully saturated rings. The summed E-state index contributed by atoms with van der Waals surface area (Å²) < 4.78 is 5.57. The third-order valence-electron chi connectivity index (χ3n) is 2.26. The predicted molar refractivity (Wildman–Crippen MR) is 59.1 cm³/mol. The van der Waals surface area contributed by atoms with Crippen molar-refractivity contribution >= 4 is 17.3 Å². The molecule has 0 atom stereocenters. The number of hydrogen-bond donors (Lipinski definition) is 1. The van der Waals surface area contributed by atoms with E-state index in [1.807, 2.05) is 29.2 Å². The first-order valence-corrected chi connectivity index (χ1v) is 4.93. The monoisotopic (exact) mass is 208 g/mol. The minimum atomic E-state index is 0.435. The lowest BCUT2D eigenvalue weighted by atomic mass is 10.2. The molecule has 0 unspecified atom stereocenters. The molecular formula is C10H12N2OS. The number of nitrogens with zero attached hydrogens (tertiary/aromatic N) is 1. The van der Waals surface area contributed by atoms with Crippen LogP contribution >= 0.6 is 12.2 Å². The van der Waals surface area contributed by atoms with Gasteiger partial charge in [0.25, 0.3) is 0 Å². The third-order valence-corrected chi connectivity index (χ3v) is 2.52. The van der Waals surface area contributed by atoms with Crippen LogP contribution in [0.1, 0.15) is 5.56 Å². The van der Waals surface area contributed by atoms with Gasteiger partial charge in [-0.15, -0.1) is 0 Å². The summed E-state index contributed by atoms with van der Waals surface area (Å²) >= 11 is 4.95. The highest BCUT2D eigenvalue weighted by atomic mass is 32.1. The van der Waals surface area contributed by atoms with E-state index >= 15 is 0 Å². The first-order valence-electron chi connectivity index (χ1n) is 4.52. The highest BCUT2D eigenvalue weighted by Gasteiger charge is 2.14. The average molecular weight is 208 g/mol. The molecule has 3 nitrogen and oxygen atoms in total. The van der Waals surface area contributed by atoms with Crippen LogP contribution in [0.25, 0.3) is 0 Å². The summed E-state index contributed by atoms with van der Waals surface area (Å²) in [5.74, 6) is 0.936. The summed E-state index contributed by atoms with van der Waals surface area (Å²) in [4.78, 5) is 1.95.